The average molecular weight is 415 g/mol. The number of hydrogen-bond donors (Lipinski definition) is 3. The van der Waals surface area contributed by atoms with Crippen LogP contribution >= 0.6 is 23.2 Å². The molecule has 28 heavy (non-hydrogen) atoms. The molecule has 1 atom stereocenters. The van der Waals surface area contributed by atoms with E-state index in [1.54, 1.807) is 24.3 Å². The molecule has 2 heterocycles. The summed E-state index contributed by atoms with van der Waals surface area (Å²) in [5.41, 5.74) is 9.46. The number of rotatable bonds is 4. The summed E-state index contributed by atoms with van der Waals surface area (Å²) in [4.78, 5) is 18.6. The van der Waals surface area contributed by atoms with Crippen molar-refractivity contribution in [3.8, 4) is 0 Å². The second-order valence-electron chi connectivity index (χ2n) is 6.89. The van der Waals surface area contributed by atoms with Crippen molar-refractivity contribution in [2.24, 2.45) is 5.73 Å². The maximum absolute atomic E-state index is 13.2. The Balaban J connectivity index is 1.76. The third-order valence-electron chi connectivity index (χ3n) is 5.07. The van der Waals surface area contributed by atoms with Gasteiger partial charge in [-0.3, -0.25) is 4.79 Å². The van der Waals surface area contributed by atoms with E-state index in [9.17, 15) is 4.79 Å². The lowest BCUT2D eigenvalue weighted by Crippen LogP contribution is -2.44. The summed E-state index contributed by atoms with van der Waals surface area (Å²) >= 11 is 12.3. The molecular weight excluding hydrogens is 395 g/mol. The molecule has 3 aromatic rings. The lowest BCUT2D eigenvalue weighted by molar-refractivity contribution is 0.0658. The van der Waals surface area contributed by atoms with Crippen LogP contribution in [0.25, 0.3) is 10.9 Å². The number of hydrogen-bond acceptors (Lipinski definition) is 3. The molecule has 4 N–H and O–H groups in total. The van der Waals surface area contributed by atoms with Crippen LogP contribution < -0.4 is 11.1 Å². The quantitative estimate of drug-likeness (QED) is 0.597. The minimum Gasteiger partial charge on any atom is -0.386 e. The number of benzene rings is 2. The van der Waals surface area contributed by atoms with E-state index < -0.39 is 0 Å². The number of carbonyl (C=O) groups excluding carboxylic acids is 1. The summed E-state index contributed by atoms with van der Waals surface area (Å²) in [6, 6.07) is 12.6. The van der Waals surface area contributed by atoms with Gasteiger partial charge in [-0.15, -0.1) is 0 Å². The maximum atomic E-state index is 13.2. The highest BCUT2D eigenvalue weighted by Crippen LogP contribution is 2.36. The molecule has 0 saturated heterocycles. The number of carbonyl (C=O) groups is 1. The fourth-order valence-corrected chi connectivity index (χ4v) is 4.17. The van der Waals surface area contributed by atoms with E-state index in [0.717, 1.165) is 23.0 Å². The van der Waals surface area contributed by atoms with Gasteiger partial charge in [-0.25, -0.2) is 0 Å². The molecule has 0 bridgehead atoms. The van der Waals surface area contributed by atoms with E-state index in [-0.39, 0.29) is 11.9 Å². The summed E-state index contributed by atoms with van der Waals surface area (Å²) in [5, 5.41) is 5.40. The number of nitrogens with two attached hydrogens (primary N) is 1. The zero-order chi connectivity index (χ0) is 19.8. The Morgan fingerprint density at radius 2 is 2.04 bits per heavy atom. The van der Waals surface area contributed by atoms with Crippen LogP contribution in [0.15, 0.2) is 54.9 Å². The van der Waals surface area contributed by atoms with E-state index in [4.69, 9.17) is 28.9 Å². The first kappa shape index (κ1) is 18.7. The van der Waals surface area contributed by atoms with Gasteiger partial charge in [0.15, 0.2) is 0 Å². The van der Waals surface area contributed by atoms with Gasteiger partial charge in [0.25, 0.3) is 5.91 Å². The molecule has 1 aliphatic rings. The van der Waals surface area contributed by atoms with Gasteiger partial charge < -0.3 is 20.9 Å². The van der Waals surface area contributed by atoms with Crippen molar-refractivity contribution in [3.63, 3.8) is 0 Å². The molecule has 4 rings (SSSR count). The number of H-pyrrole nitrogens is 1. The third-order valence-corrected chi connectivity index (χ3v) is 5.54. The molecule has 5 nitrogen and oxygen atoms in total. The molecule has 1 amide bonds. The number of halogens is 2. The molecule has 1 aromatic heterocycles. The number of aromatic amines is 1. The highest BCUT2D eigenvalue weighted by Gasteiger charge is 2.33. The molecular formula is C21H20Cl2N4O. The summed E-state index contributed by atoms with van der Waals surface area (Å²) in [7, 11) is 0. The van der Waals surface area contributed by atoms with Gasteiger partial charge >= 0.3 is 0 Å². The average Bonchev–Trinajstić information content (AvgIpc) is 3.03. The van der Waals surface area contributed by atoms with E-state index in [2.05, 4.69) is 16.9 Å². The van der Waals surface area contributed by atoms with Crippen molar-refractivity contribution in [1.82, 2.24) is 15.2 Å². The van der Waals surface area contributed by atoms with E-state index in [0.29, 0.717) is 34.5 Å². The molecule has 1 unspecified atom stereocenters. The number of fused-ring (bicyclic) bond motifs is 3. The molecule has 0 fully saturated rings. The molecule has 0 saturated carbocycles. The topological polar surface area (TPSA) is 74.2 Å². The van der Waals surface area contributed by atoms with Gasteiger partial charge in [-0.1, -0.05) is 35.8 Å². The molecule has 2 aromatic carbocycles. The Morgan fingerprint density at radius 3 is 2.79 bits per heavy atom. The predicted octanol–water partition coefficient (Wildman–Crippen LogP) is 4.23. The zero-order valence-corrected chi connectivity index (χ0v) is 16.6. The minimum absolute atomic E-state index is 0.0701. The Morgan fingerprint density at radius 1 is 1.25 bits per heavy atom. The highest BCUT2D eigenvalue weighted by atomic mass is 35.5. The standard InChI is InChI=1S/C21H20Cl2N4O/c1-12(24)25-11-19-20-16(17-10-15(23)5-6-18(17)26-20)7-8-27(19)21(28)13-3-2-4-14(22)9-13/h2-6,9-10,19,25-26H,1,7-8,11,24H2. The van der Waals surface area contributed by atoms with Crippen molar-refractivity contribution in [1.29, 1.82) is 0 Å². The first-order chi connectivity index (χ1) is 13.4. The van der Waals surface area contributed by atoms with E-state index in [1.165, 1.54) is 5.56 Å². The summed E-state index contributed by atoms with van der Waals surface area (Å²) in [6.07, 6.45) is 0.738. The van der Waals surface area contributed by atoms with Crippen LogP contribution in [0.3, 0.4) is 0 Å². The molecule has 7 heteroatoms. The molecule has 144 valence electrons. The van der Waals surface area contributed by atoms with Crippen LogP contribution in [-0.4, -0.2) is 28.9 Å². The van der Waals surface area contributed by atoms with Crippen LogP contribution in [0, 0.1) is 0 Å². The fraction of sp³-hybridized carbons (Fsp3) is 0.190. The van der Waals surface area contributed by atoms with Crippen LogP contribution in [-0.2, 0) is 6.42 Å². The van der Waals surface area contributed by atoms with Crippen molar-refractivity contribution in [2.75, 3.05) is 13.1 Å². The van der Waals surface area contributed by atoms with Gasteiger partial charge in [0, 0.05) is 45.3 Å². The molecule has 1 aliphatic heterocycles. The smallest absolute Gasteiger partial charge is 0.254 e. The number of nitrogens with one attached hydrogen (secondary N) is 2. The van der Waals surface area contributed by atoms with E-state index >= 15 is 0 Å². The maximum Gasteiger partial charge on any atom is 0.254 e. The van der Waals surface area contributed by atoms with Gasteiger partial charge in [0.05, 0.1) is 11.9 Å². The molecule has 0 radical (unpaired) electrons. The summed E-state index contributed by atoms with van der Waals surface area (Å²) in [6.45, 7) is 4.75. The van der Waals surface area contributed by atoms with Crippen molar-refractivity contribution in [3.05, 3.63) is 81.7 Å². The van der Waals surface area contributed by atoms with Gasteiger partial charge in [-0.2, -0.15) is 0 Å². The van der Waals surface area contributed by atoms with Crippen molar-refractivity contribution < 1.29 is 4.79 Å². The van der Waals surface area contributed by atoms with Gasteiger partial charge in [-0.05, 0) is 48.4 Å². The van der Waals surface area contributed by atoms with Gasteiger partial charge in [0.2, 0.25) is 0 Å². The Kier molecular flexibility index (Phi) is 4.96. The van der Waals surface area contributed by atoms with Crippen molar-refractivity contribution in [2.45, 2.75) is 12.5 Å². The zero-order valence-electron chi connectivity index (χ0n) is 15.1. The second-order valence-corrected chi connectivity index (χ2v) is 7.76. The summed E-state index contributed by atoms with van der Waals surface area (Å²) in [5.74, 6) is 0.292. The van der Waals surface area contributed by atoms with Crippen LogP contribution in [0.1, 0.15) is 27.7 Å². The first-order valence-corrected chi connectivity index (χ1v) is 9.74. The summed E-state index contributed by atoms with van der Waals surface area (Å²) < 4.78 is 0. The Bertz CT molecular complexity index is 1080. The van der Waals surface area contributed by atoms with Crippen LogP contribution in [0.5, 0.6) is 0 Å². The Labute approximate surface area is 173 Å². The number of amides is 1. The highest BCUT2D eigenvalue weighted by molar-refractivity contribution is 6.31. The minimum atomic E-state index is -0.221. The first-order valence-electron chi connectivity index (χ1n) is 8.99. The largest absolute Gasteiger partial charge is 0.386 e. The second kappa shape index (κ2) is 7.41. The lowest BCUT2D eigenvalue weighted by Gasteiger charge is -2.36. The third kappa shape index (κ3) is 3.43. The Hall–Kier alpha value is -2.63. The van der Waals surface area contributed by atoms with Gasteiger partial charge in [0.1, 0.15) is 0 Å². The van der Waals surface area contributed by atoms with Crippen LogP contribution in [0.4, 0.5) is 0 Å². The fourth-order valence-electron chi connectivity index (χ4n) is 3.81. The monoisotopic (exact) mass is 414 g/mol. The number of aromatic nitrogens is 1. The van der Waals surface area contributed by atoms with E-state index in [1.807, 2.05) is 23.1 Å². The SMILES string of the molecule is C=C(N)NCC1c2[nH]c3ccc(Cl)cc3c2CCN1C(=O)c1cccc(Cl)c1. The van der Waals surface area contributed by atoms with Crippen molar-refractivity contribution >= 4 is 40.0 Å². The lowest BCUT2D eigenvalue weighted by atomic mass is 9.96. The number of nitrogens with zero attached hydrogens (tertiary/aromatic N) is 1. The van der Waals surface area contributed by atoms with Crippen LogP contribution in [0.2, 0.25) is 10.0 Å². The molecule has 0 aliphatic carbocycles. The predicted molar refractivity (Wildman–Crippen MR) is 114 cm³/mol. The molecule has 0 spiro atoms. The normalized spacial score (nSPS) is 16.1.